The van der Waals surface area contributed by atoms with Crippen molar-refractivity contribution in [3.63, 3.8) is 0 Å². The van der Waals surface area contributed by atoms with Crippen LogP contribution in [0.15, 0.2) is 29.6 Å². The Labute approximate surface area is 118 Å². The number of imidazole rings is 1. The van der Waals surface area contributed by atoms with E-state index in [0.29, 0.717) is 10.8 Å². The lowest BCUT2D eigenvalue weighted by Crippen LogP contribution is -2.03. The summed E-state index contributed by atoms with van der Waals surface area (Å²) in [6.07, 6.45) is 1.61. The quantitative estimate of drug-likeness (QED) is 0.881. The Bertz CT molecular complexity index is 630. The van der Waals surface area contributed by atoms with Crippen molar-refractivity contribution in [3.05, 3.63) is 40.9 Å². The Kier molecular flexibility index (Phi) is 4.11. The van der Waals surface area contributed by atoms with Gasteiger partial charge in [-0.05, 0) is 25.1 Å². The fraction of sp³-hybridized carbons (Fsp3) is 0.167. The molecular weight excluding hydrogens is 291 g/mol. The van der Waals surface area contributed by atoms with Gasteiger partial charge in [-0.2, -0.15) is 0 Å². The second kappa shape index (κ2) is 5.63. The van der Waals surface area contributed by atoms with Crippen LogP contribution in [0.4, 0.5) is 4.39 Å². The Balaban J connectivity index is 2.40. The van der Waals surface area contributed by atoms with Crippen molar-refractivity contribution in [2.75, 3.05) is 5.75 Å². The van der Waals surface area contributed by atoms with Crippen LogP contribution in [-0.2, 0) is 4.79 Å². The van der Waals surface area contributed by atoms with Crippen LogP contribution in [-0.4, -0.2) is 26.4 Å². The van der Waals surface area contributed by atoms with Gasteiger partial charge in [0.2, 0.25) is 0 Å². The molecule has 4 nitrogen and oxygen atoms in total. The van der Waals surface area contributed by atoms with Crippen LogP contribution < -0.4 is 0 Å². The lowest BCUT2D eigenvalue weighted by molar-refractivity contribution is -0.133. The van der Waals surface area contributed by atoms with Crippen LogP contribution in [0.5, 0.6) is 0 Å². The van der Waals surface area contributed by atoms with Gasteiger partial charge in [-0.1, -0.05) is 23.4 Å². The number of aliphatic carboxylic acids is 1. The van der Waals surface area contributed by atoms with Crippen molar-refractivity contribution in [1.82, 2.24) is 9.55 Å². The molecule has 0 amide bonds. The van der Waals surface area contributed by atoms with Gasteiger partial charge >= 0.3 is 5.97 Å². The number of carbonyl (C=O) groups is 1. The average molecular weight is 301 g/mol. The van der Waals surface area contributed by atoms with Crippen LogP contribution in [0.1, 0.15) is 5.69 Å². The Morgan fingerprint density at radius 3 is 2.95 bits per heavy atom. The van der Waals surface area contributed by atoms with Crippen molar-refractivity contribution < 1.29 is 14.3 Å². The predicted octanol–water partition coefficient (Wildman–Crippen LogP) is 3.15. The minimum Gasteiger partial charge on any atom is -0.481 e. The summed E-state index contributed by atoms with van der Waals surface area (Å²) in [6, 6.07) is 4.41. The van der Waals surface area contributed by atoms with Crippen LogP contribution in [0.25, 0.3) is 5.69 Å². The molecule has 0 unspecified atom stereocenters. The van der Waals surface area contributed by atoms with Crippen molar-refractivity contribution >= 4 is 29.3 Å². The van der Waals surface area contributed by atoms with Gasteiger partial charge in [-0.3, -0.25) is 9.36 Å². The maximum Gasteiger partial charge on any atom is 0.313 e. The number of carboxylic acid groups (broad SMARTS) is 1. The molecule has 0 radical (unpaired) electrons. The van der Waals surface area contributed by atoms with Gasteiger partial charge in [0.25, 0.3) is 0 Å². The molecule has 0 fully saturated rings. The first kappa shape index (κ1) is 13.9. The molecule has 100 valence electrons. The smallest absolute Gasteiger partial charge is 0.313 e. The zero-order chi connectivity index (χ0) is 14.0. The molecule has 19 heavy (non-hydrogen) atoms. The van der Waals surface area contributed by atoms with Gasteiger partial charge in [-0.15, -0.1) is 0 Å². The van der Waals surface area contributed by atoms with Crippen LogP contribution in [0, 0.1) is 12.7 Å². The molecule has 0 spiro atoms. The first-order chi connectivity index (χ1) is 8.99. The van der Waals surface area contributed by atoms with E-state index >= 15 is 0 Å². The summed E-state index contributed by atoms with van der Waals surface area (Å²) in [4.78, 5) is 14.7. The van der Waals surface area contributed by atoms with Gasteiger partial charge in [0.1, 0.15) is 5.82 Å². The molecule has 2 rings (SSSR count). The number of rotatable bonds is 4. The molecule has 0 saturated heterocycles. The molecule has 0 aliphatic rings. The Hall–Kier alpha value is -1.53. The van der Waals surface area contributed by atoms with Crippen LogP contribution in [0.2, 0.25) is 5.02 Å². The molecule has 1 heterocycles. The highest BCUT2D eigenvalue weighted by molar-refractivity contribution is 7.99. The summed E-state index contributed by atoms with van der Waals surface area (Å²) < 4.78 is 15.2. The van der Waals surface area contributed by atoms with E-state index in [9.17, 15) is 9.18 Å². The number of carboxylic acids is 1. The molecule has 0 aliphatic heterocycles. The van der Waals surface area contributed by atoms with E-state index < -0.39 is 11.8 Å². The van der Waals surface area contributed by atoms with Gasteiger partial charge in [-0.25, -0.2) is 9.37 Å². The molecule has 7 heteroatoms. The fourth-order valence-electron chi connectivity index (χ4n) is 1.58. The molecule has 0 saturated carbocycles. The van der Waals surface area contributed by atoms with Crippen LogP contribution >= 0.6 is 23.4 Å². The molecule has 0 bridgehead atoms. The molecule has 0 aliphatic carbocycles. The van der Waals surface area contributed by atoms with Crippen molar-refractivity contribution in [2.24, 2.45) is 0 Å². The maximum absolute atomic E-state index is 13.5. The van der Waals surface area contributed by atoms with E-state index in [1.807, 2.05) is 6.92 Å². The van der Waals surface area contributed by atoms with Gasteiger partial charge in [0.15, 0.2) is 5.16 Å². The van der Waals surface area contributed by atoms with Gasteiger partial charge in [0, 0.05) is 11.9 Å². The zero-order valence-electron chi connectivity index (χ0n) is 9.93. The standard InChI is InChI=1S/C12H10ClFN2O2S/c1-7-5-15-12(19-6-11(17)18)16(7)8-2-3-9(13)10(14)4-8/h2-5H,6H2,1H3,(H,17,18). The van der Waals surface area contributed by atoms with Crippen molar-refractivity contribution in [2.45, 2.75) is 12.1 Å². The lowest BCUT2D eigenvalue weighted by Gasteiger charge is -2.09. The first-order valence-electron chi connectivity index (χ1n) is 5.33. The number of benzene rings is 1. The molecule has 1 aromatic heterocycles. The third kappa shape index (κ3) is 3.08. The maximum atomic E-state index is 13.5. The zero-order valence-corrected chi connectivity index (χ0v) is 11.5. The minimum atomic E-state index is -0.931. The van der Waals surface area contributed by atoms with Crippen molar-refractivity contribution in [3.8, 4) is 5.69 Å². The third-order valence-electron chi connectivity index (χ3n) is 2.39. The second-order valence-electron chi connectivity index (χ2n) is 3.80. The average Bonchev–Trinajstić information content (AvgIpc) is 2.71. The molecule has 0 atom stereocenters. The summed E-state index contributed by atoms with van der Waals surface area (Å²) in [5.74, 6) is -1.56. The summed E-state index contributed by atoms with van der Waals surface area (Å²) in [6.45, 7) is 1.81. The van der Waals surface area contributed by atoms with E-state index in [1.165, 1.54) is 12.1 Å². The largest absolute Gasteiger partial charge is 0.481 e. The highest BCUT2D eigenvalue weighted by Gasteiger charge is 2.12. The summed E-state index contributed by atoms with van der Waals surface area (Å²) in [5.41, 5.74) is 1.35. The SMILES string of the molecule is Cc1cnc(SCC(=O)O)n1-c1ccc(Cl)c(F)c1. The van der Waals surface area contributed by atoms with Crippen molar-refractivity contribution in [1.29, 1.82) is 0 Å². The number of nitrogens with zero attached hydrogens (tertiary/aromatic N) is 2. The Morgan fingerprint density at radius 2 is 2.32 bits per heavy atom. The number of halogens is 2. The molecule has 1 aromatic carbocycles. The third-order valence-corrected chi connectivity index (χ3v) is 3.64. The second-order valence-corrected chi connectivity index (χ2v) is 5.15. The predicted molar refractivity (Wildman–Crippen MR) is 71.6 cm³/mol. The van der Waals surface area contributed by atoms with E-state index in [4.69, 9.17) is 16.7 Å². The minimum absolute atomic E-state index is 0.0428. The van der Waals surface area contributed by atoms with Crippen LogP contribution in [0.3, 0.4) is 0 Å². The summed E-state index contributed by atoms with van der Waals surface area (Å²) >= 11 is 6.72. The molecular formula is C12H10ClFN2O2S. The first-order valence-corrected chi connectivity index (χ1v) is 6.69. The lowest BCUT2D eigenvalue weighted by atomic mass is 10.3. The molecule has 2 aromatic rings. The summed E-state index contributed by atoms with van der Waals surface area (Å²) in [5, 5.41) is 9.23. The monoisotopic (exact) mass is 300 g/mol. The topological polar surface area (TPSA) is 55.1 Å². The fourth-order valence-corrected chi connectivity index (χ4v) is 2.46. The number of thioether (sulfide) groups is 1. The van der Waals surface area contributed by atoms with E-state index in [2.05, 4.69) is 4.98 Å². The number of aromatic nitrogens is 2. The normalized spacial score (nSPS) is 10.7. The number of hydrogen-bond acceptors (Lipinski definition) is 3. The van der Waals surface area contributed by atoms with E-state index in [0.717, 1.165) is 17.5 Å². The van der Waals surface area contributed by atoms with E-state index in [-0.39, 0.29) is 10.8 Å². The van der Waals surface area contributed by atoms with Gasteiger partial charge in [0.05, 0.1) is 16.5 Å². The summed E-state index contributed by atoms with van der Waals surface area (Å²) in [7, 11) is 0. The van der Waals surface area contributed by atoms with E-state index in [1.54, 1.807) is 16.8 Å². The highest BCUT2D eigenvalue weighted by Crippen LogP contribution is 2.25. The van der Waals surface area contributed by atoms with Gasteiger partial charge < -0.3 is 5.11 Å². The Morgan fingerprint density at radius 1 is 1.58 bits per heavy atom. The molecule has 1 N–H and O–H groups in total. The number of aryl methyl sites for hydroxylation is 1. The number of hydrogen-bond donors (Lipinski definition) is 1. The highest BCUT2D eigenvalue weighted by atomic mass is 35.5.